The molecule has 1 unspecified atom stereocenters. The molecule has 1 atom stereocenters. The van der Waals surface area contributed by atoms with E-state index in [9.17, 15) is 13.2 Å². The van der Waals surface area contributed by atoms with Gasteiger partial charge in [0, 0.05) is 45.3 Å². The molecule has 1 heterocycles. The summed E-state index contributed by atoms with van der Waals surface area (Å²) in [6.45, 7) is 3.18. The fraction of sp³-hybridized carbons (Fsp3) is 0.632. The second-order valence-electron chi connectivity index (χ2n) is 6.63. The maximum Gasteiger partial charge on any atom is 0.403 e. The van der Waals surface area contributed by atoms with Crippen molar-refractivity contribution in [3.05, 3.63) is 17.7 Å². The smallest absolute Gasteiger partial charge is 0.403 e. The van der Waals surface area contributed by atoms with Crippen LogP contribution in [0, 0.1) is 0 Å². The largest absolute Gasteiger partial charge is 0.493 e. The van der Waals surface area contributed by atoms with E-state index in [2.05, 4.69) is 10.3 Å². The number of benzene rings is 1. The summed E-state index contributed by atoms with van der Waals surface area (Å²) in [5, 5.41) is 3.25. The molecule has 1 aromatic carbocycles. The standard InChI is InChI=1S/C19H29F3N4O3.HI/c1-13(19(20,21)22)25-8-10-26(11-9-25)18(23-2)24-12-14-6-7-15(27-3)17(29-5)16(14)28-4;/h6-7,13H,8-12H2,1-5H3,(H,23,24);1H. The topological polar surface area (TPSA) is 58.6 Å². The minimum absolute atomic E-state index is 0. The van der Waals surface area contributed by atoms with Crippen LogP contribution in [-0.4, -0.2) is 82.5 Å². The first-order chi connectivity index (χ1) is 13.8. The number of nitrogens with zero attached hydrogens (tertiary/aromatic N) is 3. The molecule has 1 saturated heterocycles. The summed E-state index contributed by atoms with van der Waals surface area (Å²) >= 11 is 0. The lowest BCUT2D eigenvalue weighted by Crippen LogP contribution is -2.56. The zero-order chi connectivity index (χ0) is 21.6. The summed E-state index contributed by atoms with van der Waals surface area (Å²) in [4.78, 5) is 7.67. The van der Waals surface area contributed by atoms with Crippen LogP contribution in [0.2, 0.25) is 0 Å². The number of rotatable bonds is 6. The Morgan fingerprint density at radius 3 is 2.13 bits per heavy atom. The van der Waals surface area contributed by atoms with E-state index in [0.29, 0.717) is 55.9 Å². The van der Waals surface area contributed by atoms with Crippen LogP contribution in [0.3, 0.4) is 0 Å². The van der Waals surface area contributed by atoms with E-state index in [1.54, 1.807) is 27.3 Å². The van der Waals surface area contributed by atoms with Gasteiger partial charge >= 0.3 is 6.18 Å². The summed E-state index contributed by atoms with van der Waals surface area (Å²) in [6, 6.07) is 2.21. The lowest BCUT2D eigenvalue weighted by molar-refractivity contribution is -0.181. The first kappa shape index (κ1) is 26.4. The molecule has 0 aliphatic carbocycles. The van der Waals surface area contributed by atoms with Gasteiger partial charge in [-0.1, -0.05) is 0 Å². The SMILES string of the molecule is CN=C(NCc1ccc(OC)c(OC)c1OC)N1CCN(C(C)C(F)(F)F)CC1.I. The molecule has 1 N–H and O–H groups in total. The minimum atomic E-state index is -4.22. The lowest BCUT2D eigenvalue weighted by atomic mass is 10.1. The molecule has 11 heteroatoms. The number of guanidine groups is 1. The molecule has 0 saturated carbocycles. The van der Waals surface area contributed by atoms with Crippen LogP contribution in [0.5, 0.6) is 17.2 Å². The van der Waals surface area contributed by atoms with Gasteiger partial charge in [0.05, 0.1) is 21.3 Å². The summed E-state index contributed by atoms with van der Waals surface area (Å²) in [7, 11) is 6.30. The van der Waals surface area contributed by atoms with Gasteiger partial charge in [-0.25, -0.2) is 0 Å². The van der Waals surface area contributed by atoms with Crippen LogP contribution in [0.1, 0.15) is 12.5 Å². The van der Waals surface area contributed by atoms with Crippen LogP contribution in [0.4, 0.5) is 13.2 Å². The van der Waals surface area contributed by atoms with Crippen molar-refractivity contribution in [1.82, 2.24) is 15.1 Å². The van der Waals surface area contributed by atoms with E-state index >= 15 is 0 Å². The maximum atomic E-state index is 12.9. The van der Waals surface area contributed by atoms with E-state index in [1.807, 2.05) is 11.0 Å². The molecule has 30 heavy (non-hydrogen) atoms. The summed E-state index contributed by atoms with van der Waals surface area (Å²) in [5.41, 5.74) is 0.843. The molecule has 1 aliphatic heterocycles. The Bertz CT molecular complexity index is 711. The first-order valence-electron chi connectivity index (χ1n) is 9.31. The third-order valence-corrected chi connectivity index (χ3v) is 5.07. The molecule has 0 bridgehead atoms. The monoisotopic (exact) mass is 546 g/mol. The highest BCUT2D eigenvalue weighted by molar-refractivity contribution is 14.0. The minimum Gasteiger partial charge on any atom is -0.493 e. The number of hydrogen-bond donors (Lipinski definition) is 1. The Kier molecular flexibility index (Phi) is 10.3. The normalized spacial score (nSPS) is 16.5. The highest BCUT2D eigenvalue weighted by Crippen LogP contribution is 2.39. The molecule has 0 amide bonds. The predicted octanol–water partition coefficient (Wildman–Crippen LogP) is 2.97. The molecule has 1 aliphatic rings. The number of nitrogens with one attached hydrogen (secondary N) is 1. The summed E-state index contributed by atoms with van der Waals surface area (Å²) in [5.74, 6) is 2.24. The van der Waals surface area contributed by atoms with Gasteiger partial charge in [0.2, 0.25) is 5.75 Å². The van der Waals surface area contributed by atoms with Crippen LogP contribution >= 0.6 is 24.0 Å². The van der Waals surface area contributed by atoms with E-state index in [-0.39, 0.29) is 24.0 Å². The number of aliphatic imine (C=N–C) groups is 1. The van der Waals surface area contributed by atoms with Crippen LogP contribution in [0.15, 0.2) is 17.1 Å². The third kappa shape index (κ3) is 6.19. The molecular formula is C19H30F3IN4O3. The van der Waals surface area contributed by atoms with Gasteiger partial charge in [0.1, 0.15) is 6.04 Å². The zero-order valence-electron chi connectivity index (χ0n) is 17.9. The van der Waals surface area contributed by atoms with Crippen LogP contribution in [-0.2, 0) is 6.54 Å². The number of halogens is 4. The number of alkyl halides is 3. The van der Waals surface area contributed by atoms with Crippen molar-refractivity contribution >= 4 is 29.9 Å². The molecule has 0 spiro atoms. The zero-order valence-corrected chi connectivity index (χ0v) is 20.2. The highest BCUT2D eigenvalue weighted by Gasteiger charge is 2.41. The van der Waals surface area contributed by atoms with E-state index < -0.39 is 12.2 Å². The van der Waals surface area contributed by atoms with E-state index in [4.69, 9.17) is 14.2 Å². The van der Waals surface area contributed by atoms with Crippen molar-refractivity contribution in [2.45, 2.75) is 25.7 Å². The second kappa shape index (κ2) is 11.7. The molecule has 2 rings (SSSR count). The second-order valence-corrected chi connectivity index (χ2v) is 6.63. The highest BCUT2D eigenvalue weighted by atomic mass is 127. The molecular weight excluding hydrogens is 516 g/mol. The Balaban J connectivity index is 0.00000450. The number of hydrogen-bond acceptors (Lipinski definition) is 5. The Morgan fingerprint density at radius 2 is 1.67 bits per heavy atom. The molecule has 0 radical (unpaired) electrons. The van der Waals surface area contributed by atoms with Gasteiger partial charge in [-0.2, -0.15) is 13.2 Å². The Hall–Kier alpha value is -1.63. The van der Waals surface area contributed by atoms with Gasteiger partial charge in [-0.3, -0.25) is 9.89 Å². The quantitative estimate of drug-likeness (QED) is 0.337. The Morgan fingerprint density at radius 1 is 1.07 bits per heavy atom. The third-order valence-electron chi connectivity index (χ3n) is 5.07. The number of methoxy groups -OCH3 is 3. The van der Waals surface area contributed by atoms with Gasteiger partial charge in [-0.05, 0) is 19.1 Å². The first-order valence-corrected chi connectivity index (χ1v) is 9.31. The van der Waals surface area contributed by atoms with E-state index in [1.165, 1.54) is 18.9 Å². The average Bonchev–Trinajstić information content (AvgIpc) is 2.72. The maximum absolute atomic E-state index is 12.9. The van der Waals surface area contributed by atoms with Crippen molar-refractivity contribution in [3.8, 4) is 17.2 Å². The lowest BCUT2D eigenvalue weighted by Gasteiger charge is -2.39. The average molecular weight is 546 g/mol. The predicted molar refractivity (Wildman–Crippen MR) is 120 cm³/mol. The van der Waals surface area contributed by atoms with Crippen LogP contribution < -0.4 is 19.5 Å². The molecule has 172 valence electrons. The van der Waals surface area contributed by atoms with Gasteiger partial charge < -0.3 is 24.4 Å². The van der Waals surface area contributed by atoms with Gasteiger partial charge in [0.15, 0.2) is 17.5 Å². The number of piperazine rings is 1. The molecule has 0 aromatic heterocycles. The van der Waals surface area contributed by atoms with Crippen molar-refractivity contribution < 1.29 is 27.4 Å². The molecule has 1 fully saturated rings. The van der Waals surface area contributed by atoms with Gasteiger partial charge in [-0.15, -0.1) is 24.0 Å². The fourth-order valence-electron chi connectivity index (χ4n) is 3.34. The van der Waals surface area contributed by atoms with Crippen molar-refractivity contribution in [1.29, 1.82) is 0 Å². The Labute approximate surface area is 192 Å². The number of ether oxygens (including phenoxy) is 3. The molecule has 7 nitrogen and oxygen atoms in total. The van der Waals surface area contributed by atoms with E-state index in [0.717, 1.165) is 5.56 Å². The summed E-state index contributed by atoms with van der Waals surface area (Å²) in [6.07, 6.45) is -4.22. The van der Waals surface area contributed by atoms with Crippen molar-refractivity contribution in [3.63, 3.8) is 0 Å². The molecule has 1 aromatic rings. The van der Waals surface area contributed by atoms with Gasteiger partial charge in [0.25, 0.3) is 0 Å². The van der Waals surface area contributed by atoms with Crippen LogP contribution in [0.25, 0.3) is 0 Å². The van der Waals surface area contributed by atoms with Crippen molar-refractivity contribution in [2.75, 3.05) is 54.6 Å². The fourth-order valence-corrected chi connectivity index (χ4v) is 3.34. The summed E-state index contributed by atoms with van der Waals surface area (Å²) < 4.78 is 54.9. The van der Waals surface area contributed by atoms with Crippen molar-refractivity contribution in [2.24, 2.45) is 4.99 Å².